The average Bonchev–Trinajstić information content (AvgIpc) is 2.99. The minimum Gasteiger partial charge on any atom is -0.361 e. The number of fused-ring (bicyclic) bond motifs is 1. The van der Waals surface area contributed by atoms with Gasteiger partial charge in [0.2, 0.25) is 0 Å². The van der Waals surface area contributed by atoms with Crippen molar-refractivity contribution in [2.75, 3.05) is 6.54 Å². The molecule has 3 rings (SSSR count). The van der Waals surface area contributed by atoms with E-state index < -0.39 is 0 Å². The summed E-state index contributed by atoms with van der Waals surface area (Å²) in [7, 11) is 0. The first-order valence-corrected chi connectivity index (χ1v) is 8.18. The third-order valence-electron chi connectivity index (χ3n) is 3.84. The molecule has 4 nitrogen and oxygen atoms in total. The van der Waals surface area contributed by atoms with Crippen molar-refractivity contribution in [2.45, 2.75) is 52.5 Å². The van der Waals surface area contributed by atoms with Gasteiger partial charge in [-0.3, -0.25) is 0 Å². The topological polar surface area (TPSA) is 51.0 Å². The van der Waals surface area contributed by atoms with E-state index in [0.717, 1.165) is 41.4 Å². The van der Waals surface area contributed by atoms with Gasteiger partial charge in [0.25, 0.3) is 0 Å². The Morgan fingerprint density at radius 3 is 2.95 bits per heavy atom. The number of nitrogens with one attached hydrogen (secondary N) is 1. The lowest BCUT2D eigenvalue weighted by atomic mass is 9.97. The van der Waals surface area contributed by atoms with Gasteiger partial charge in [-0.1, -0.05) is 12.1 Å². The molecule has 108 valence electrons. The lowest BCUT2D eigenvalue weighted by Gasteiger charge is -2.22. The summed E-state index contributed by atoms with van der Waals surface area (Å²) >= 11 is 1.81. The lowest BCUT2D eigenvalue weighted by Crippen LogP contribution is -2.25. The van der Waals surface area contributed by atoms with E-state index in [0.29, 0.717) is 6.04 Å². The Bertz CT molecular complexity index is 583. The molecule has 5 heteroatoms. The predicted octanol–water partition coefficient (Wildman–Crippen LogP) is 3.79. The highest BCUT2D eigenvalue weighted by atomic mass is 32.1. The van der Waals surface area contributed by atoms with Gasteiger partial charge in [-0.15, -0.1) is 11.3 Å². The summed E-state index contributed by atoms with van der Waals surface area (Å²) in [6, 6.07) is 0.421. The fourth-order valence-corrected chi connectivity index (χ4v) is 4.14. The zero-order valence-electron chi connectivity index (χ0n) is 12.3. The molecule has 0 saturated heterocycles. The van der Waals surface area contributed by atoms with Gasteiger partial charge in [0, 0.05) is 4.88 Å². The zero-order valence-corrected chi connectivity index (χ0v) is 13.1. The van der Waals surface area contributed by atoms with Crippen LogP contribution in [-0.4, -0.2) is 16.7 Å². The quantitative estimate of drug-likeness (QED) is 0.931. The average molecular weight is 291 g/mol. The minimum atomic E-state index is 0.421. The van der Waals surface area contributed by atoms with Crippen LogP contribution in [0.5, 0.6) is 0 Å². The largest absolute Gasteiger partial charge is 0.361 e. The van der Waals surface area contributed by atoms with E-state index in [1.165, 1.54) is 23.4 Å². The Labute approximate surface area is 123 Å². The van der Waals surface area contributed by atoms with Crippen molar-refractivity contribution in [3.05, 3.63) is 22.0 Å². The molecular weight excluding hydrogens is 270 g/mol. The molecule has 0 radical (unpaired) electrons. The zero-order chi connectivity index (χ0) is 14.1. The van der Waals surface area contributed by atoms with E-state index in [1.54, 1.807) is 0 Å². The van der Waals surface area contributed by atoms with E-state index in [-0.39, 0.29) is 0 Å². The maximum Gasteiger partial charge on any atom is 0.144 e. The molecule has 2 aromatic heterocycles. The van der Waals surface area contributed by atoms with Gasteiger partial charge in [0.15, 0.2) is 0 Å². The van der Waals surface area contributed by atoms with Gasteiger partial charge in [-0.05, 0) is 46.1 Å². The molecule has 0 fully saturated rings. The summed E-state index contributed by atoms with van der Waals surface area (Å²) in [5.74, 6) is 0.867. The van der Waals surface area contributed by atoms with Crippen molar-refractivity contribution in [1.82, 2.24) is 15.5 Å². The Morgan fingerprint density at radius 2 is 2.25 bits per heavy atom. The fraction of sp³-hybridized carbons (Fsp3) is 0.600. The van der Waals surface area contributed by atoms with Crippen LogP contribution in [0.25, 0.3) is 10.6 Å². The van der Waals surface area contributed by atoms with E-state index in [9.17, 15) is 0 Å². The van der Waals surface area contributed by atoms with Gasteiger partial charge in [0.05, 0.1) is 23.0 Å². The van der Waals surface area contributed by atoms with E-state index >= 15 is 0 Å². The minimum absolute atomic E-state index is 0.421. The van der Waals surface area contributed by atoms with E-state index in [1.807, 2.05) is 25.2 Å². The van der Waals surface area contributed by atoms with Gasteiger partial charge >= 0.3 is 0 Å². The van der Waals surface area contributed by atoms with Gasteiger partial charge < -0.3 is 9.84 Å². The normalized spacial score (nSPS) is 18.2. The van der Waals surface area contributed by atoms with Crippen LogP contribution in [0.3, 0.4) is 0 Å². The molecule has 0 saturated carbocycles. The summed E-state index contributed by atoms with van der Waals surface area (Å²) in [6.07, 6.45) is 4.75. The second-order valence-corrected chi connectivity index (χ2v) is 6.51. The highest BCUT2D eigenvalue weighted by molar-refractivity contribution is 7.15. The summed E-state index contributed by atoms with van der Waals surface area (Å²) < 4.78 is 5.27. The van der Waals surface area contributed by atoms with Crippen LogP contribution in [0.4, 0.5) is 0 Å². The van der Waals surface area contributed by atoms with Gasteiger partial charge in [-0.2, -0.15) is 0 Å². The maximum atomic E-state index is 5.27. The molecule has 1 unspecified atom stereocenters. The molecule has 0 spiro atoms. The second kappa shape index (κ2) is 5.66. The smallest absolute Gasteiger partial charge is 0.144 e. The fourth-order valence-electron chi connectivity index (χ4n) is 2.83. The molecule has 1 aliphatic rings. The number of thiazole rings is 1. The summed E-state index contributed by atoms with van der Waals surface area (Å²) in [6.45, 7) is 7.21. The molecule has 1 aliphatic carbocycles. The van der Waals surface area contributed by atoms with Crippen LogP contribution in [0.15, 0.2) is 4.52 Å². The van der Waals surface area contributed by atoms with Crippen molar-refractivity contribution in [3.63, 3.8) is 0 Å². The number of aryl methyl sites for hydroxylation is 3. The molecule has 1 atom stereocenters. The first-order chi connectivity index (χ1) is 9.70. The van der Waals surface area contributed by atoms with Crippen molar-refractivity contribution < 1.29 is 4.52 Å². The number of nitrogens with zero attached hydrogens (tertiary/aromatic N) is 2. The maximum absolute atomic E-state index is 5.27. The second-order valence-electron chi connectivity index (χ2n) is 5.43. The Kier molecular flexibility index (Phi) is 3.89. The summed E-state index contributed by atoms with van der Waals surface area (Å²) in [4.78, 5) is 6.34. The third kappa shape index (κ3) is 2.40. The molecule has 0 aliphatic heterocycles. The van der Waals surface area contributed by atoms with E-state index in [2.05, 4.69) is 17.4 Å². The molecular formula is C15H21N3OS. The Morgan fingerprint density at radius 1 is 1.40 bits per heavy atom. The van der Waals surface area contributed by atoms with Crippen molar-refractivity contribution in [2.24, 2.45) is 0 Å². The van der Waals surface area contributed by atoms with Crippen LogP contribution in [0.2, 0.25) is 0 Å². The van der Waals surface area contributed by atoms with Crippen molar-refractivity contribution in [1.29, 1.82) is 0 Å². The molecule has 2 heterocycles. The van der Waals surface area contributed by atoms with Crippen molar-refractivity contribution >= 4 is 11.3 Å². The highest BCUT2D eigenvalue weighted by Crippen LogP contribution is 2.38. The molecule has 0 amide bonds. The van der Waals surface area contributed by atoms with Crippen LogP contribution in [-0.2, 0) is 6.42 Å². The standard InChI is InChI=1S/C15H21N3OS/c1-4-8-16-11-6-5-7-12-14(11)17-15(20-12)13-9(2)18-19-10(13)3/h11,16H,4-8H2,1-3H3. The first-order valence-electron chi connectivity index (χ1n) is 7.37. The predicted molar refractivity (Wildman–Crippen MR) is 81.1 cm³/mol. The molecule has 1 N–H and O–H groups in total. The van der Waals surface area contributed by atoms with E-state index in [4.69, 9.17) is 9.51 Å². The van der Waals surface area contributed by atoms with Crippen LogP contribution in [0, 0.1) is 13.8 Å². The first kappa shape index (κ1) is 13.8. The number of aromatic nitrogens is 2. The summed E-state index contributed by atoms with van der Waals surface area (Å²) in [5, 5.41) is 8.73. The summed E-state index contributed by atoms with van der Waals surface area (Å²) in [5.41, 5.74) is 3.27. The molecule has 0 aromatic carbocycles. The van der Waals surface area contributed by atoms with Crippen molar-refractivity contribution in [3.8, 4) is 10.6 Å². The van der Waals surface area contributed by atoms with Gasteiger partial charge in [-0.25, -0.2) is 4.98 Å². The molecule has 0 bridgehead atoms. The van der Waals surface area contributed by atoms with Crippen LogP contribution < -0.4 is 5.32 Å². The number of hydrogen-bond donors (Lipinski definition) is 1. The SMILES string of the molecule is CCCNC1CCCc2sc(-c3c(C)noc3C)nc21. The molecule has 20 heavy (non-hydrogen) atoms. The number of rotatable bonds is 4. The van der Waals surface area contributed by atoms with Crippen LogP contribution in [0.1, 0.15) is 54.3 Å². The highest BCUT2D eigenvalue weighted by Gasteiger charge is 2.26. The number of hydrogen-bond acceptors (Lipinski definition) is 5. The monoisotopic (exact) mass is 291 g/mol. The van der Waals surface area contributed by atoms with Gasteiger partial charge in [0.1, 0.15) is 10.8 Å². The lowest BCUT2D eigenvalue weighted by molar-refractivity contribution is 0.393. The van der Waals surface area contributed by atoms with Crippen LogP contribution >= 0.6 is 11.3 Å². The molecule has 2 aromatic rings. The Hall–Kier alpha value is -1.20. The Balaban J connectivity index is 1.95. The third-order valence-corrected chi connectivity index (χ3v) is 4.99.